The highest BCUT2D eigenvalue weighted by atomic mass is 32.2. The van der Waals surface area contributed by atoms with Crippen molar-refractivity contribution in [1.82, 2.24) is 0 Å². The third-order valence-electron chi connectivity index (χ3n) is 6.43. The number of hydrogen-bond donors (Lipinski definition) is 0. The summed E-state index contributed by atoms with van der Waals surface area (Å²) >= 11 is 0. The van der Waals surface area contributed by atoms with E-state index in [1.807, 2.05) is 30.3 Å². The second kappa shape index (κ2) is 6.59. The molecule has 0 amide bonds. The van der Waals surface area contributed by atoms with E-state index >= 15 is 0 Å². The average Bonchev–Trinajstić information content (AvgIpc) is 2.56. The number of rotatable bonds is 4. The minimum Gasteiger partial charge on any atom is -0.298 e. The molecule has 0 saturated heterocycles. The first-order chi connectivity index (χ1) is 11.4. The Morgan fingerprint density at radius 1 is 1.17 bits per heavy atom. The Balaban J connectivity index is 1.97. The zero-order valence-electron chi connectivity index (χ0n) is 15.0. The number of carbonyl (C=O) groups excluding carboxylic acids is 1. The van der Waals surface area contributed by atoms with Crippen molar-refractivity contribution in [3.05, 3.63) is 41.5 Å². The van der Waals surface area contributed by atoms with E-state index in [1.54, 1.807) is 0 Å². The van der Waals surface area contributed by atoms with Gasteiger partial charge < -0.3 is 0 Å². The summed E-state index contributed by atoms with van der Waals surface area (Å²) in [6, 6.07) is 9.64. The number of carbonyl (C=O) groups is 1. The fraction of sp³-hybridized carbons (Fsp3) is 0.571. The topological polar surface area (TPSA) is 34.1 Å². The molecule has 0 aromatic heterocycles. The minimum absolute atomic E-state index is 0.0146. The van der Waals surface area contributed by atoms with Crippen molar-refractivity contribution in [1.29, 1.82) is 0 Å². The molecule has 24 heavy (non-hydrogen) atoms. The molecule has 0 heterocycles. The molecular formula is C21H28O2S. The predicted molar refractivity (Wildman–Crippen MR) is 99.3 cm³/mol. The number of allylic oxidation sites excluding steroid dienone is 1. The maximum Gasteiger partial charge on any atom is 0.146 e. The van der Waals surface area contributed by atoms with Crippen molar-refractivity contribution in [3.63, 3.8) is 0 Å². The van der Waals surface area contributed by atoms with Crippen LogP contribution in [0, 0.1) is 16.7 Å². The van der Waals surface area contributed by atoms with Crippen LogP contribution in [0.5, 0.6) is 0 Å². The van der Waals surface area contributed by atoms with Gasteiger partial charge in [0.1, 0.15) is 6.29 Å². The molecule has 2 aliphatic carbocycles. The van der Waals surface area contributed by atoms with Crippen LogP contribution in [0.3, 0.4) is 0 Å². The van der Waals surface area contributed by atoms with Gasteiger partial charge in [0.25, 0.3) is 0 Å². The van der Waals surface area contributed by atoms with Crippen LogP contribution in [-0.4, -0.2) is 16.2 Å². The summed E-state index contributed by atoms with van der Waals surface area (Å²) in [4.78, 5) is 12.6. The third-order valence-corrected chi connectivity index (χ3v) is 7.78. The van der Waals surface area contributed by atoms with E-state index in [9.17, 15) is 9.00 Å². The highest BCUT2D eigenvalue weighted by Gasteiger charge is 2.50. The normalized spacial score (nSPS) is 30.5. The lowest BCUT2D eigenvalue weighted by atomic mass is 9.50. The lowest BCUT2D eigenvalue weighted by molar-refractivity contribution is -0.105. The number of fused-ring (bicyclic) bond motifs is 1. The van der Waals surface area contributed by atoms with Gasteiger partial charge in [-0.25, -0.2) is 0 Å². The molecular weight excluding hydrogens is 316 g/mol. The van der Waals surface area contributed by atoms with Gasteiger partial charge in [0.2, 0.25) is 0 Å². The molecule has 3 rings (SSSR count). The molecule has 1 aromatic carbocycles. The summed E-state index contributed by atoms with van der Waals surface area (Å²) < 4.78 is 12.9. The Morgan fingerprint density at radius 3 is 2.54 bits per heavy atom. The smallest absolute Gasteiger partial charge is 0.146 e. The van der Waals surface area contributed by atoms with E-state index < -0.39 is 10.8 Å². The maximum atomic E-state index is 12.9. The highest BCUT2D eigenvalue weighted by Crippen LogP contribution is 2.59. The van der Waals surface area contributed by atoms with Crippen LogP contribution in [0.15, 0.2) is 46.4 Å². The summed E-state index contributed by atoms with van der Waals surface area (Å²) in [6.45, 7) is 7.05. The summed E-state index contributed by atoms with van der Waals surface area (Å²) in [5.41, 5.74) is 2.39. The van der Waals surface area contributed by atoms with Crippen LogP contribution < -0.4 is 0 Å². The van der Waals surface area contributed by atoms with E-state index in [1.165, 1.54) is 18.4 Å². The second-order valence-corrected chi connectivity index (χ2v) is 9.73. The number of hydrogen-bond acceptors (Lipinski definition) is 2. The fourth-order valence-electron chi connectivity index (χ4n) is 5.18. The summed E-state index contributed by atoms with van der Waals surface area (Å²) in [7, 11) is -1.09. The van der Waals surface area contributed by atoms with Gasteiger partial charge >= 0.3 is 0 Å². The SMILES string of the molecule is CC1(C)CCC[C@]2(C)C(C[S@@](=O)c3ccccc3)=C(C=O)CC[C@@H]12. The van der Waals surface area contributed by atoms with Gasteiger partial charge in [0.15, 0.2) is 0 Å². The monoisotopic (exact) mass is 344 g/mol. The zero-order valence-corrected chi connectivity index (χ0v) is 15.8. The summed E-state index contributed by atoms with van der Waals surface area (Å²) in [6.07, 6.45) is 6.50. The maximum absolute atomic E-state index is 12.9. The third kappa shape index (κ3) is 3.03. The largest absolute Gasteiger partial charge is 0.298 e. The van der Waals surface area contributed by atoms with Crippen molar-refractivity contribution in [2.75, 3.05) is 5.75 Å². The highest BCUT2D eigenvalue weighted by molar-refractivity contribution is 7.85. The average molecular weight is 345 g/mol. The molecule has 1 aromatic rings. The van der Waals surface area contributed by atoms with E-state index in [4.69, 9.17) is 0 Å². The first-order valence-electron chi connectivity index (χ1n) is 8.99. The van der Waals surface area contributed by atoms with Crippen LogP contribution in [0.25, 0.3) is 0 Å². The first kappa shape index (κ1) is 17.6. The molecule has 0 aliphatic heterocycles. The van der Waals surface area contributed by atoms with Gasteiger partial charge in [-0.1, -0.05) is 45.4 Å². The van der Waals surface area contributed by atoms with Gasteiger partial charge in [-0.05, 0) is 65.7 Å². The standard InChI is InChI=1S/C21H28O2S/c1-20(2)12-7-13-21(3)18(16(14-22)10-11-19(20)21)15-24(23)17-8-5-4-6-9-17/h4-6,8-9,14,19H,7,10-13,15H2,1-3H3/t19-,21+,24+/m0/s1. The quantitative estimate of drug-likeness (QED) is 0.727. The van der Waals surface area contributed by atoms with E-state index in [-0.39, 0.29) is 5.41 Å². The molecule has 130 valence electrons. The molecule has 0 radical (unpaired) electrons. The molecule has 2 aliphatic rings. The van der Waals surface area contributed by atoms with Crippen LogP contribution in [-0.2, 0) is 15.6 Å². The summed E-state index contributed by atoms with van der Waals surface area (Å²) in [5.74, 6) is 1.08. The van der Waals surface area contributed by atoms with Crippen LogP contribution in [0.1, 0.15) is 52.9 Å². The number of aldehydes is 1. The molecule has 1 saturated carbocycles. The Kier molecular flexibility index (Phi) is 4.83. The minimum atomic E-state index is -1.09. The lowest BCUT2D eigenvalue weighted by Crippen LogP contribution is -2.46. The van der Waals surface area contributed by atoms with Crippen LogP contribution >= 0.6 is 0 Å². The Labute approximate surface area is 148 Å². The van der Waals surface area contributed by atoms with Gasteiger partial charge in [-0.2, -0.15) is 0 Å². The van der Waals surface area contributed by atoms with Gasteiger partial charge in [-0.3, -0.25) is 9.00 Å². The van der Waals surface area contributed by atoms with Gasteiger partial charge in [0, 0.05) is 4.90 Å². The zero-order chi connectivity index (χ0) is 17.4. The second-order valence-electron chi connectivity index (χ2n) is 8.28. The van der Waals surface area contributed by atoms with E-state index in [0.717, 1.165) is 36.0 Å². The molecule has 3 heteroatoms. The van der Waals surface area contributed by atoms with Crippen molar-refractivity contribution in [2.24, 2.45) is 16.7 Å². The van der Waals surface area contributed by atoms with Gasteiger partial charge in [0.05, 0.1) is 16.6 Å². The molecule has 3 atom stereocenters. The first-order valence-corrected chi connectivity index (χ1v) is 10.3. The number of benzene rings is 1. The Bertz CT molecular complexity index is 674. The van der Waals surface area contributed by atoms with Crippen molar-refractivity contribution >= 4 is 17.1 Å². The lowest BCUT2D eigenvalue weighted by Gasteiger charge is -2.55. The molecule has 0 bridgehead atoms. The van der Waals surface area contributed by atoms with E-state index in [2.05, 4.69) is 20.8 Å². The molecule has 0 unspecified atom stereocenters. The Hall–Kier alpha value is -1.22. The summed E-state index contributed by atoms with van der Waals surface area (Å²) in [5, 5.41) is 0. The van der Waals surface area contributed by atoms with E-state index in [0.29, 0.717) is 17.1 Å². The molecule has 1 fully saturated rings. The molecule has 2 nitrogen and oxygen atoms in total. The predicted octanol–water partition coefficient (Wildman–Crippen LogP) is 4.92. The van der Waals surface area contributed by atoms with Crippen LogP contribution in [0.4, 0.5) is 0 Å². The Morgan fingerprint density at radius 2 is 1.88 bits per heavy atom. The van der Waals surface area contributed by atoms with Crippen LogP contribution in [0.2, 0.25) is 0 Å². The van der Waals surface area contributed by atoms with Gasteiger partial charge in [-0.15, -0.1) is 0 Å². The molecule has 0 spiro atoms. The fourth-order valence-corrected chi connectivity index (χ4v) is 6.59. The van der Waals surface area contributed by atoms with Crippen molar-refractivity contribution < 1.29 is 9.00 Å². The van der Waals surface area contributed by atoms with Crippen molar-refractivity contribution in [2.45, 2.75) is 57.8 Å². The molecule has 0 N–H and O–H groups in total. The van der Waals surface area contributed by atoms with Crippen molar-refractivity contribution in [3.8, 4) is 0 Å².